The first-order chi connectivity index (χ1) is 13.0. The van der Waals surface area contributed by atoms with Gasteiger partial charge in [0.05, 0.1) is 16.7 Å². The molecule has 0 N–H and O–H groups in total. The molecule has 1 aromatic carbocycles. The van der Waals surface area contributed by atoms with Crippen LogP contribution in [0.4, 0.5) is 0 Å². The van der Waals surface area contributed by atoms with Crippen LogP contribution in [0.5, 0.6) is 0 Å². The van der Waals surface area contributed by atoms with E-state index in [-0.39, 0.29) is 11.4 Å². The van der Waals surface area contributed by atoms with Crippen molar-refractivity contribution in [2.45, 2.75) is 57.5 Å². The van der Waals surface area contributed by atoms with Gasteiger partial charge in [-0.25, -0.2) is 4.98 Å². The van der Waals surface area contributed by atoms with Crippen molar-refractivity contribution in [2.75, 3.05) is 20.1 Å². The molecule has 0 aliphatic carbocycles. The lowest BCUT2D eigenvalue weighted by Gasteiger charge is -2.55. The molecule has 2 fully saturated rings. The van der Waals surface area contributed by atoms with E-state index in [1.807, 2.05) is 13.0 Å². The third-order valence-corrected chi connectivity index (χ3v) is 7.66. The summed E-state index contributed by atoms with van der Waals surface area (Å²) >= 11 is 1.58. The predicted octanol–water partition coefficient (Wildman–Crippen LogP) is 4.13. The zero-order valence-corrected chi connectivity index (χ0v) is 17.4. The van der Waals surface area contributed by atoms with Gasteiger partial charge in [-0.15, -0.1) is 11.3 Å². The number of likely N-dealkylation sites (tertiary alicyclic amines) is 2. The molecule has 0 bridgehead atoms. The van der Waals surface area contributed by atoms with Crippen LogP contribution in [-0.2, 0) is 6.42 Å². The second-order valence-electron chi connectivity index (χ2n) is 8.22. The lowest BCUT2D eigenvalue weighted by molar-refractivity contribution is -0.0346. The number of aromatic nitrogens is 1. The van der Waals surface area contributed by atoms with Crippen LogP contribution < -0.4 is 0 Å². The first kappa shape index (κ1) is 18.6. The Morgan fingerprint density at radius 2 is 2.04 bits per heavy atom. The van der Waals surface area contributed by atoms with Gasteiger partial charge in [0.2, 0.25) is 0 Å². The van der Waals surface area contributed by atoms with E-state index in [9.17, 15) is 4.79 Å². The number of rotatable bonds is 3. The second-order valence-corrected chi connectivity index (χ2v) is 9.31. The molecular weight excluding hydrogens is 354 g/mol. The Hall–Kier alpha value is -1.72. The first-order valence-electron chi connectivity index (χ1n) is 10.0. The molecule has 1 aromatic heterocycles. The molecule has 0 radical (unpaired) electrons. The van der Waals surface area contributed by atoms with Gasteiger partial charge in [-0.2, -0.15) is 0 Å². The monoisotopic (exact) mass is 383 g/mol. The van der Waals surface area contributed by atoms with E-state index < -0.39 is 0 Å². The Balaban J connectivity index is 1.57. The average molecular weight is 384 g/mol. The molecule has 2 aliphatic heterocycles. The Bertz CT molecular complexity index is 818. The van der Waals surface area contributed by atoms with E-state index >= 15 is 0 Å². The van der Waals surface area contributed by atoms with E-state index in [1.54, 1.807) is 11.3 Å². The summed E-state index contributed by atoms with van der Waals surface area (Å²) in [6.07, 6.45) is 5.34. The SMILES string of the molecule is Cc1nc(Cc2ccccc2)sc1C(=O)N1CCC[C@@]2(C)[C@@H]1CCCN2C. The fraction of sp³-hybridized carbons (Fsp3) is 0.545. The molecule has 2 aromatic rings. The second kappa shape index (κ2) is 7.36. The minimum Gasteiger partial charge on any atom is -0.333 e. The number of aryl methyl sites for hydroxylation is 1. The van der Waals surface area contributed by atoms with Gasteiger partial charge in [-0.05, 0) is 58.7 Å². The minimum atomic E-state index is 0.109. The number of hydrogen-bond donors (Lipinski definition) is 0. The van der Waals surface area contributed by atoms with Crippen molar-refractivity contribution in [3.63, 3.8) is 0 Å². The van der Waals surface area contributed by atoms with E-state index in [1.165, 1.54) is 18.4 Å². The Morgan fingerprint density at radius 3 is 2.81 bits per heavy atom. The standard InChI is InChI=1S/C22H29N3OS/c1-16-20(27-19(23-16)15-17-9-5-4-6-10-17)21(26)25-14-8-12-22(2)18(25)11-7-13-24(22)3/h4-6,9-10,18H,7-8,11-15H2,1-3H3/t18-,22-/m0/s1. The molecule has 144 valence electrons. The molecule has 2 saturated heterocycles. The van der Waals surface area contributed by atoms with Crippen molar-refractivity contribution < 1.29 is 4.79 Å². The quantitative estimate of drug-likeness (QED) is 0.800. The molecule has 5 heteroatoms. The number of hydrogen-bond acceptors (Lipinski definition) is 4. The van der Waals surface area contributed by atoms with Crippen molar-refractivity contribution in [1.82, 2.24) is 14.8 Å². The number of benzene rings is 1. The molecule has 0 unspecified atom stereocenters. The molecule has 2 atom stereocenters. The smallest absolute Gasteiger partial charge is 0.266 e. The predicted molar refractivity (Wildman–Crippen MR) is 110 cm³/mol. The molecule has 27 heavy (non-hydrogen) atoms. The van der Waals surface area contributed by atoms with Gasteiger partial charge in [0, 0.05) is 18.5 Å². The number of piperidine rings is 2. The number of carbonyl (C=O) groups excluding carboxylic acids is 1. The summed E-state index contributed by atoms with van der Waals surface area (Å²) < 4.78 is 0. The highest BCUT2D eigenvalue weighted by atomic mass is 32.1. The van der Waals surface area contributed by atoms with Crippen LogP contribution in [0.15, 0.2) is 30.3 Å². The first-order valence-corrected chi connectivity index (χ1v) is 10.8. The zero-order valence-electron chi connectivity index (χ0n) is 16.6. The number of thiazole rings is 1. The van der Waals surface area contributed by atoms with E-state index in [2.05, 4.69) is 48.0 Å². The number of carbonyl (C=O) groups is 1. The Morgan fingerprint density at radius 1 is 1.26 bits per heavy atom. The van der Waals surface area contributed by atoms with Crippen molar-refractivity contribution in [2.24, 2.45) is 0 Å². The van der Waals surface area contributed by atoms with Gasteiger partial charge in [0.1, 0.15) is 4.88 Å². The highest BCUT2D eigenvalue weighted by Gasteiger charge is 2.47. The van der Waals surface area contributed by atoms with E-state index in [4.69, 9.17) is 4.98 Å². The van der Waals surface area contributed by atoms with Gasteiger partial charge >= 0.3 is 0 Å². The summed E-state index contributed by atoms with van der Waals surface area (Å²) in [4.78, 5) is 23.7. The maximum absolute atomic E-state index is 13.5. The lowest BCUT2D eigenvalue weighted by atomic mass is 9.76. The molecule has 4 rings (SSSR count). The van der Waals surface area contributed by atoms with Crippen LogP contribution in [-0.4, -0.2) is 52.4 Å². The van der Waals surface area contributed by atoms with Crippen molar-refractivity contribution in [3.8, 4) is 0 Å². The van der Waals surface area contributed by atoms with Gasteiger partial charge < -0.3 is 4.90 Å². The summed E-state index contributed by atoms with van der Waals surface area (Å²) in [5.41, 5.74) is 2.23. The molecule has 2 aliphatic rings. The third kappa shape index (κ3) is 3.43. The molecule has 4 nitrogen and oxygen atoms in total. The zero-order chi connectivity index (χ0) is 19.0. The third-order valence-electron chi connectivity index (χ3n) is 6.51. The molecule has 3 heterocycles. The summed E-state index contributed by atoms with van der Waals surface area (Å²) in [6, 6.07) is 10.7. The maximum atomic E-state index is 13.5. The largest absolute Gasteiger partial charge is 0.333 e. The minimum absolute atomic E-state index is 0.109. The summed E-state index contributed by atoms with van der Waals surface area (Å²) in [5.74, 6) is 0.190. The van der Waals surface area contributed by atoms with E-state index in [0.29, 0.717) is 6.04 Å². The lowest BCUT2D eigenvalue weighted by Crippen LogP contribution is -2.66. The van der Waals surface area contributed by atoms with Crippen LogP contribution in [0.25, 0.3) is 0 Å². The average Bonchev–Trinajstić information content (AvgIpc) is 3.02. The molecule has 0 spiro atoms. The topological polar surface area (TPSA) is 36.4 Å². The molecular formula is C22H29N3OS. The highest BCUT2D eigenvalue weighted by Crippen LogP contribution is 2.39. The molecule has 0 saturated carbocycles. The highest BCUT2D eigenvalue weighted by molar-refractivity contribution is 7.13. The number of fused-ring (bicyclic) bond motifs is 1. The van der Waals surface area contributed by atoms with Gasteiger partial charge in [-0.1, -0.05) is 30.3 Å². The Kier molecular flexibility index (Phi) is 5.08. The fourth-order valence-corrected chi connectivity index (χ4v) is 5.88. The van der Waals surface area contributed by atoms with Gasteiger partial charge in [-0.3, -0.25) is 9.69 Å². The van der Waals surface area contributed by atoms with Crippen LogP contribution in [0.2, 0.25) is 0 Å². The fourth-order valence-electron chi connectivity index (χ4n) is 4.83. The van der Waals surface area contributed by atoms with Crippen molar-refractivity contribution in [3.05, 3.63) is 51.5 Å². The van der Waals surface area contributed by atoms with Gasteiger partial charge in [0.15, 0.2) is 0 Å². The van der Waals surface area contributed by atoms with Crippen molar-refractivity contribution in [1.29, 1.82) is 0 Å². The Labute approximate surface area is 166 Å². The van der Waals surface area contributed by atoms with Gasteiger partial charge in [0.25, 0.3) is 5.91 Å². The van der Waals surface area contributed by atoms with Crippen LogP contribution >= 0.6 is 11.3 Å². The van der Waals surface area contributed by atoms with Crippen molar-refractivity contribution >= 4 is 17.2 Å². The normalized spacial score (nSPS) is 26.0. The van der Waals surface area contributed by atoms with Crippen LogP contribution in [0.3, 0.4) is 0 Å². The van der Waals surface area contributed by atoms with Crippen LogP contribution in [0.1, 0.15) is 58.5 Å². The van der Waals surface area contributed by atoms with Crippen LogP contribution in [0, 0.1) is 6.92 Å². The maximum Gasteiger partial charge on any atom is 0.266 e. The molecule has 1 amide bonds. The number of amides is 1. The summed E-state index contributed by atoms with van der Waals surface area (Å²) in [7, 11) is 2.22. The van der Waals surface area contributed by atoms with E-state index in [0.717, 1.165) is 47.9 Å². The number of nitrogens with zero attached hydrogens (tertiary/aromatic N) is 3. The summed E-state index contributed by atoms with van der Waals surface area (Å²) in [5, 5.41) is 1.03. The number of likely N-dealkylation sites (N-methyl/N-ethyl adjacent to an activating group) is 1. The summed E-state index contributed by atoms with van der Waals surface area (Å²) in [6.45, 7) is 6.33.